The van der Waals surface area contributed by atoms with Gasteiger partial charge in [-0.25, -0.2) is 0 Å². The van der Waals surface area contributed by atoms with Gasteiger partial charge in [0.05, 0.1) is 16.5 Å². The second-order valence-corrected chi connectivity index (χ2v) is 18.7. The fourth-order valence-corrected chi connectivity index (χ4v) is 12.5. The van der Waals surface area contributed by atoms with Crippen LogP contribution in [0.2, 0.25) is 0 Å². The van der Waals surface area contributed by atoms with Gasteiger partial charge in [0, 0.05) is 22.4 Å². The third kappa shape index (κ3) is 5.17. The maximum Gasteiger partial charge on any atom is 0.0719 e. The van der Waals surface area contributed by atoms with Crippen molar-refractivity contribution < 1.29 is 0 Å². The van der Waals surface area contributed by atoms with Gasteiger partial charge >= 0.3 is 0 Å². The van der Waals surface area contributed by atoms with E-state index in [-0.39, 0.29) is 5.41 Å². The minimum absolute atomic E-state index is 0.218. The van der Waals surface area contributed by atoms with Gasteiger partial charge in [-0.15, -0.1) is 0 Å². The summed E-state index contributed by atoms with van der Waals surface area (Å²) in [6.07, 6.45) is 0. The Hall–Kier alpha value is -8.00. The van der Waals surface area contributed by atoms with Gasteiger partial charge in [0.2, 0.25) is 0 Å². The smallest absolute Gasteiger partial charge is 0.0719 e. The number of nitrogens with zero attached hydrogens (tertiary/aromatic N) is 1. The summed E-state index contributed by atoms with van der Waals surface area (Å²) in [5.74, 6) is 0. The zero-order valence-electron chi connectivity index (χ0n) is 37.1. The summed E-state index contributed by atoms with van der Waals surface area (Å²) >= 11 is 0. The van der Waals surface area contributed by atoms with Crippen molar-refractivity contribution in [3.05, 3.63) is 304 Å². The van der Waals surface area contributed by atoms with E-state index in [1.165, 1.54) is 89.0 Å². The van der Waals surface area contributed by atoms with Crippen LogP contribution in [0.5, 0.6) is 0 Å². The second kappa shape index (κ2) is 14.5. The van der Waals surface area contributed by atoms with Crippen LogP contribution in [0.4, 0.5) is 17.1 Å². The molecule has 1 heteroatoms. The van der Waals surface area contributed by atoms with Crippen molar-refractivity contribution in [3.8, 4) is 33.4 Å². The lowest BCUT2D eigenvalue weighted by Crippen LogP contribution is -2.40. The molecule has 13 rings (SSSR count). The molecule has 0 aromatic heterocycles. The Morgan fingerprint density at radius 2 is 0.712 bits per heavy atom. The van der Waals surface area contributed by atoms with Gasteiger partial charge in [0.25, 0.3) is 0 Å². The first-order valence-electron chi connectivity index (χ1n) is 23.3. The van der Waals surface area contributed by atoms with E-state index in [2.05, 4.69) is 267 Å². The molecule has 10 aromatic carbocycles. The first kappa shape index (κ1) is 38.5. The molecule has 0 bridgehead atoms. The minimum atomic E-state index is -0.518. The van der Waals surface area contributed by atoms with Gasteiger partial charge in [0.15, 0.2) is 0 Å². The Morgan fingerprint density at radius 3 is 1.30 bits per heavy atom. The van der Waals surface area contributed by atoms with Crippen LogP contribution in [0.15, 0.2) is 249 Å². The fraction of sp³-hybridized carbons (Fsp3) is 0.0769. The van der Waals surface area contributed by atoms with Crippen molar-refractivity contribution in [2.75, 3.05) is 4.90 Å². The molecule has 312 valence electrons. The zero-order valence-corrected chi connectivity index (χ0v) is 37.1. The molecule has 1 spiro atoms. The Bertz CT molecular complexity index is 3420. The van der Waals surface area contributed by atoms with Crippen molar-refractivity contribution in [1.82, 2.24) is 0 Å². The van der Waals surface area contributed by atoms with Crippen LogP contribution >= 0.6 is 0 Å². The van der Waals surface area contributed by atoms with E-state index < -0.39 is 10.8 Å². The zero-order chi connectivity index (χ0) is 44.0. The molecule has 0 unspecified atom stereocenters. The van der Waals surface area contributed by atoms with Gasteiger partial charge in [-0.2, -0.15) is 0 Å². The number of fused-ring (bicyclic) bond motifs is 12. The summed E-state index contributed by atoms with van der Waals surface area (Å²) in [7, 11) is 0. The minimum Gasteiger partial charge on any atom is -0.310 e. The van der Waals surface area contributed by atoms with E-state index in [0.29, 0.717) is 0 Å². The standard InChI is InChI=1S/C65H47N/c1-63(2)57-35-19-20-36-59(57)65(55-33-17-13-29-50(55)51-30-14-18-34-56(51)65)61-42-44(38-41-58(61)63)49-28-15-21-37-62(49)66(47-26-10-5-11-27-47)48-39-40-53-52-31-12-16-32-54(52)64(60(53)43-48,45-22-6-3-7-23-45)46-24-8-4-9-25-46/h3-43H,1-2H3. The van der Waals surface area contributed by atoms with Crippen molar-refractivity contribution >= 4 is 17.1 Å². The lowest BCUT2D eigenvalue weighted by molar-refractivity contribution is 0.563. The predicted octanol–water partition coefficient (Wildman–Crippen LogP) is 16.2. The third-order valence-electron chi connectivity index (χ3n) is 15.2. The molecule has 0 atom stereocenters. The molecule has 0 saturated carbocycles. The summed E-state index contributed by atoms with van der Waals surface area (Å²) in [5.41, 5.74) is 23.0. The van der Waals surface area contributed by atoms with Crippen LogP contribution in [0, 0.1) is 0 Å². The molecule has 0 radical (unpaired) electrons. The highest BCUT2D eigenvalue weighted by molar-refractivity contribution is 5.94. The Balaban J connectivity index is 1.06. The summed E-state index contributed by atoms with van der Waals surface area (Å²) in [6.45, 7) is 4.82. The maximum atomic E-state index is 2.54. The summed E-state index contributed by atoms with van der Waals surface area (Å²) in [6, 6.07) is 93.2. The Kier molecular flexibility index (Phi) is 8.45. The average Bonchev–Trinajstić information content (AvgIpc) is 3.85. The Morgan fingerprint density at radius 1 is 0.273 bits per heavy atom. The highest BCUT2D eigenvalue weighted by atomic mass is 15.1. The molecule has 66 heavy (non-hydrogen) atoms. The molecule has 0 heterocycles. The van der Waals surface area contributed by atoms with E-state index in [9.17, 15) is 0 Å². The summed E-state index contributed by atoms with van der Waals surface area (Å²) in [5, 5.41) is 0. The SMILES string of the molecule is CC1(C)c2ccccc2C2(c3ccccc3-c3ccccc32)c2cc(-c3ccccc3N(c3ccccc3)c3ccc4c(c3)C(c3ccccc3)(c3ccccc3)c3ccccc3-4)ccc21. The monoisotopic (exact) mass is 841 g/mol. The van der Waals surface area contributed by atoms with Crippen LogP contribution in [0.3, 0.4) is 0 Å². The van der Waals surface area contributed by atoms with Crippen LogP contribution in [-0.4, -0.2) is 0 Å². The quantitative estimate of drug-likeness (QED) is 0.161. The average molecular weight is 842 g/mol. The number of para-hydroxylation sites is 2. The lowest BCUT2D eigenvalue weighted by atomic mass is 9.55. The molecule has 0 fully saturated rings. The van der Waals surface area contributed by atoms with Gasteiger partial charge in [-0.05, 0) is 120 Å². The maximum absolute atomic E-state index is 2.54. The highest BCUT2D eigenvalue weighted by Crippen LogP contribution is 2.63. The molecule has 0 N–H and O–H groups in total. The van der Waals surface area contributed by atoms with Crippen molar-refractivity contribution in [3.63, 3.8) is 0 Å². The lowest BCUT2D eigenvalue weighted by Gasteiger charge is -2.47. The molecular weight excluding hydrogens is 795 g/mol. The van der Waals surface area contributed by atoms with Crippen LogP contribution in [0.1, 0.15) is 69.5 Å². The molecule has 0 aliphatic heterocycles. The number of hydrogen-bond donors (Lipinski definition) is 0. The number of benzene rings is 10. The van der Waals surface area contributed by atoms with E-state index in [0.717, 1.165) is 17.1 Å². The molecule has 1 nitrogen and oxygen atoms in total. The molecular formula is C65H47N. The van der Waals surface area contributed by atoms with Gasteiger partial charge < -0.3 is 4.90 Å². The summed E-state index contributed by atoms with van der Waals surface area (Å²) in [4.78, 5) is 2.48. The fourth-order valence-electron chi connectivity index (χ4n) is 12.5. The molecule has 0 saturated heterocycles. The van der Waals surface area contributed by atoms with Crippen LogP contribution < -0.4 is 4.90 Å². The van der Waals surface area contributed by atoms with E-state index in [1.807, 2.05) is 0 Å². The topological polar surface area (TPSA) is 3.24 Å². The van der Waals surface area contributed by atoms with Crippen LogP contribution in [0.25, 0.3) is 33.4 Å². The predicted molar refractivity (Wildman–Crippen MR) is 273 cm³/mol. The third-order valence-corrected chi connectivity index (χ3v) is 15.2. The van der Waals surface area contributed by atoms with E-state index >= 15 is 0 Å². The first-order valence-corrected chi connectivity index (χ1v) is 23.3. The van der Waals surface area contributed by atoms with Crippen LogP contribution in [-0.2, 0) is 16.2 Å². The highest BCUT2D eigenvalue weighted by Gasteiger charge is 2.53. The molecule has 3 aliphatic carbocycles. The van der Waals surface area contributed by atoms with Crippen molar-refractivity contribution in [2.24, 2.45) is 0 Å². The summed E-state index contributed by atoms with van der Waals surface area (Å²) < 4.78 is 0. The largest absolute Gasteiger partial charge is 0.310 e. The van der Waals surface area contributed by atoms with Gasteiger partial charge in [0.1, 0.15) is 0 Å². The van der Waals surface area contributed by atoms with Crippen molar-refractivity contribution in [1.29, 1.82) is 0 Å². The van der Waals surface area contributed by atoms with E-state index in [4.69, 9.17) is 0 Å². The van der Waals surface area contributed by atoms with Crippen molar-refractivity contribution in [2.45, 2.75) is 30.1 Å². The molecule has 3 aliphatic rings. The molecule has 0 amide bonds. The Labute approximate surface area is 388 Å². The number of rotatable bonds is 6. The normalized spacial score (nSPS) is 14.9. The molecule has 10 aromatic rings. The van der Waals surface area contributed by atoms with Gasteiger partial charge in [-0.3, -0.25) is 0 Å². The van der Waals surface area contributed by atoms with Gasteiger partial charge in [-0.1, -0.05) is 226 Å². The van der Waals surface area contributed by atoms with E-state index in [1.54, 1.807) is 0 Å². The number of anilines is 3. The number of hydrogen-bond acceptors (Lipinski definition) is 1. The second-order valence-electron chi connectivity index (χ2n) is 18.7. The first-order chi connectivity index (χ1) is 32.5.